The minimum Gasteiger partial charge on any atom is -0.497 e. The zero-order chi connectivity index (χ0) is 11.5. The van der Waals surface area contributed by atoms with Gasteiger partial charge in [-0.25, -0.2) is 4.79 Å². The average Bonchev–Trinajstić information content (AvgIpc) is 2.81. The first-order valence-electron chi connectivity index (χ1n) is 4.37. The number of H-pyrrole nitrogens is 1. The summed E-state index contributed by atoms with van der Waals surface area (Å²) in [5.41, 5.74) is 0.461. The summed E-state index contributed by atoms with van der Waals surface area (Å²) in [5.74, 6) is -0.372. The molecule has 1 aromatic heterocycles. The Hall–Kier alpha value is -2.44. The van der Waals surface area contributed by atoms with Crippen LogP contribution in [0.3, 0.4) is 0 Å². The molecule has 2 aromatic rings. The molecule has 16 heavy (non-hydrogen) atoms. The van der Waals surface area contributed by atoms with Crippen LogP contribution in [0.15, 0.2) is 18.2 Å². The summed E-state index contributed by atoms with van der Waals surface area (Å²) in [6, 6.07) is 4.62. The molecule has 0 aliphatic carbocycles. The molecule has 0 fully saturated rings. The third-order valence-electron chi connectivity index (χ3n) is 2.04. The number of aromatic carboxylic acids is 1. The van der Waals surface area contributed by atoms with Gasteiger partial charge in [0.15, 0.2) is 0 Å². The van der Waals surface area contributed by atoms with E-state index in [1.807, 2.05) is 0 Å². The number of aromatic nitrogens is 4. The van der Waals surface area contributed by atoms with Gasteiger partial charge in [0.2, 0.25) is 5.82 Å². The number of ether oxygens (including phenoxy) is 1. The lowest BCUT2D eigenvalue weighted by atomic mass is 10.1. The van der Waals surface area contributed by atoms with Crippen molar-refractivity contribution in [1.29, 1.82) is 0 Å². The van der Waals surface area contributed by atoms with Gasteiger partial charge in [0.1, 0.15) is 5.75 Å². The summed E-state index contributed by atoms with van der Waals surface area (Å²) in [6.07, 6.45) is 0. The number of carbonyl (C=O) groups is 1. The smallest absolute Gasteiger partial charge is 0.336 e. The number of benzene rings is 1. The maximum absolute atomic E-state index is 11.0. The molecule has 0 aliphatic heterocycles. The van der Waals surface area contributed by atoms with E-state index in [0.717, 1.165) is 0 Å². The fraction of sp³-hybridized carbons (Fsp3) is 0.111. The number of rotatable bonds is 3. The highest BCUT2D eigenvalue weighted by Crippen LogP contribution is 2.24. The van der Waals surface area contributed by atoms with Gasteiger partial charge in [0, 0.05) is 5.56 Å². The normalized spacial score (nSPS) is 10.1. The van der Waals surface area contributed by atoms with Crippen LogP contribution in [0.1, 0.15) is 10.4 Å². The van der Waals surface area contributed by atoms with Crippen molar-refractivity contribution in [1.82, 2.24) is 20.6 Å². The number of methoxy groups -OCH3 is 1. The predicted octanol–water partition coefficient (Wildman–Crippen LogP) is 0.573. The van der Waals surface area contributed by atoms with Gasteiger partial charge < -0.3 is 9.84 Å². The minimum atomic E-state index is -1.07. The number of hydrogen-bond donors (Lipinski definition) is 2. The number of tetrazole rings is 1. The monoisotopic (exact) mass is 220 g/mol. The van der Waals surface area contributed by atoms with Crippen molar-refractivity contribution in [3.63, 3.8) is 0 Å². The number of carboxylic acids is 1. The first-order chi connectivity index (χ1) is 7.72. The molecule has 0 saturated carbocycles. The van der Waals surface area contributed by atoms with Gasteiger partial charge in [-0.15, -0.1) is 10.2 Å². The van der Waals surface area contributed by atoms with E-state index in [1.165, 1.54) is 13.2 Å². The molecule has 2 rings (SSSR count). The molecule has 0 unspecified atom stereocenters. The summed E-state index contributed by atoms with van der Waals surface area (Å²) >= 11 is 0. The van der Waals surface area contributed by atoms with Gasteiger partial charge in [0.25, 0.3) is 0 Å². The quantitative estimate of drug-likeness (QED) is 0.784. The molecule has 1 aromatic carbocycles. The van der Waals surface area contributed by atoms with Crippen molar-refractivity contribution in [3.05, 3.63) is 23.8 Å². The molecule has 0 saturated heterocycles. The Morgan fingerprint density at radius 1 is 1.50 bits per heavy atom. The molecular weight excluding hydrogens is 212 g/mol. The number of nitrogens with zero attached hydrogens (tertiary/aromatic N) is 3. The molecule has 2 N–H and O–H groups in total. The van der Waals surface area contributed by atoms with E-state index in [4.69, 9.17) is 9.84 Å². The van der Waals surface area contributed by atoms with E-state index < -0.39 is 5.97 Å². The van der Waals surface area contributed by atoms with E-state index >= 15 is 0 Å². The topological polar surface area (TPSA) is 101 Å². The second kappa shape index (κ2) is 3.97. The lowest BCUT2D eigenvalue weighted by molar-refractivity contribution is 0.0697. The average molecular weight is 220 g/mol. The van der Waals surface area contributed by atoms with Crippen LogP contribution in [-0.4, -0.2) is 38.8 Å². The third-order valence-corrected chi connectivity index (χ3v) is 2.04. The second-order valence-electron chi connectivity index (χ2n) is 2.95. The SMILES string of the molecule is COc1ccc(-c2nn[nH]n2)c(C(=O)O)c1. The zero-order valence-electron chi connectivity index (χ0n) is 8.34. The molecule has 0 amide bonds. The highest BCUT2D eigenvalue weighted by atomic mass is 16.5. The molecule has 0 radical (unpaired) electrons. The van der Waals surface area contributed by atoms with Crippen LogP contribution in [0.5, 0.6) is 5.75 Å². The van der Waals surface area contributed by atoms with Gasteiger partial charge in [0.05, 0.1) is 12.7 Å². The number of hydrogen-bond acceptors (Lipinski definition) is 5. The molecule has 0 atom stereocenters. The molecule has 0 bridgehead atoms. The standard InChI is InChI=1S/C9H8N4O3/c1-16-5-2-3-6(7(4-5)9(14)15)8-10-12-13-11-8/h2-4H,1H3,(H,14,15)(H,10,11,12,13). The van der Waals surface area contributed by atoms with Crippen LogP contribution < -0.4 is 4.74 Å². The Labute approximate surface area is 90.1 Å². The van der Waals surface area contributed by atoms with Gasteiger partial charge in [-0.2, -0.15) is 5.21 Å². The zero-order valence-corrected chi connectivity index (χ0v) is 8.34. The minimum absolute atomic E-state index is 0.0701. The largest absolute Gasteiger partial charge is 0.497 e. The molecule has 82 valence electrons. The van der Waals surface area contributed by atoms with Crippen LogP contribution in [0.2, 0.25) is 0 Å². The molecule has 7 nitrogen and oxygen atoms in total. The van der Waals surface area contributed by atoms with Crippen molar-refractivity contribution >= 4 is 5.97 Å². The van der Waals surface area contributed by atoms with Crippen molar-refractivity contribution in [2.24, 2.45) is 0 Å². The van der Waals surface area contributed by atoms with E-state index in [1.54, 1.807) is 12.1 Å². The van der Waals surface area contributed by atoms with Crippen LogP contribution in [0, 0.1) is 0 Å². The van der Waals surface area contributed by atoms with Gasteiger partial charge >= 0.3 is 5.97 Å². The Balaban J connectivity index is 2.57. The fourth-order valence-corrected chi connectivity index (χ4v) is 1.30. The van der Waals surface area contributed by atoms with Crippen LogP contribution >= 0.6 is 0 Å². The van der Waals surface area contributed by atoms with Crippen LogP contribution in [0.25, 0.3) is 11.4 Å². The summed E-state index contributed by atoms with van der Waals surface area (Å²) < 4.78 is 4.95. The summed E-state index contributed by atoms with van der Waals surface area (Å²) in [7, 11) is 1.47. The lowest BCUT2D eigenvalue weighted by Gasteiger charge is -2.04. The molecule has 1 heterocycles. The Morgan fingerprint density at radius 3 is 2.88 bits per heavy atom. The third kappa shape index (κ3) is 1.70. The van der Waals surface area contributed by atoms with Crippen LogP contribution in [0.4, 0.5) is 0 Å². The van der Waals surface area contributed by atoms with E-state index in [2.05, 4.69) is 20.6 Å². The number of carboxylic acid groups (broad SMARTS) is 1. The Morgan fingerprint density at radius 2 is 2.31 bits per heavy atom. The van der Waals surface area contributed by atoms with Crippen molar-refractivity contribution < 1.29 is 14.6 Å². The maximum atomic E-state index is 11.0. The first-order valence-corrected chi connectivity index (χ1v) is 4.37. The van der Waals surface area contributed by atoms with Gasteiger partial charge in [-0.05, 0) is 23.4 Å². The first kappa shape index (κ1) is 10.1. The highest BCUT2D eigenvalue weighted by Gasteiger charge is 2.15. The molecule has 7 heteroatoms. The Bertz CT molecular complexity index is 509. The van der Waals surface area contributed by atoms with Crippen molar-refractivity contribution in [3.8, 4) is 17.1 Å². The van der Waals surface area contributed by atoms with Gasteiger partial charge in [-0.3, -0.25) is 0 Å². The summed E-state index contributed by atoms with van der Waals surface area (Å²) in [4.78, 5) is 11.0. The van der Waals surface area contributed by atoms with Crippen molar-refractivity contribution in [2.75, 3.05) is 7.11 Å². The predicted molar refractivity (Wildman–Crippen MR) is 53.1 cm³/mol. The fourth-order valence-electron chi connectivity index (χ4n) is 1.30. The number of aromatic amines is 1. The van der Waals surface area contributed by atoms with Crippen molar-refractivity contribution in [2.45, 2.75) is 0 Å². The van der Waals surface area contributed by atoms with E-state index in [0.29, 0.717) is 11.3 Å². The van der Waals surface area contributed by atoms with Gasteiger partial charge in [-0.1, -0.05) is 0 Å². The van der Waals surface area contributed by atoms with E-state index in [9.17, 15) is 4.79 Å². The highest BCUT2D eigenvalue weighted by molar-refractivity contribution is 5.95. The molecule has 0 aliphatic rings. The Kier molecular flexibility index (Phi) is 2.50. The molecular formula is C9H8N4O3. The second-order valence-corrected chi connectivity index (χ2v) is 2.95. The lowest BCUT2D eigenvalue weighted by Crippen LogP contribution is -2.01. The number of nitrogens with one attached hydrogen (secondary N) is 1. The van der Waals surface area contributed by atoms with Crippen LogP contribution in [-0.2, 0) is 0 Å². The summed E-state index contributed by atoms with van der Waals surface area (Å²) in [5, 5.41) is 22.2. The maximum Gasteiger partial charge on any atom is 0.336 e. The molecule has 0 spiro atoms. The summed E-state index contributed by atoms with van der Waals surface area (Å²) in [6.45, 7) is 0. The van der Waals surface area contributed by atoms with E-state index in [-0.39, 0.29) is 11.4 Å².